The Labute approximate surface area is 80.1 Å². The maximum absolute atomic E-state index is 11.4. The van der Waals surface area contributed by atoms with E-state index in [1.807, 2.05) is 6.92 Å². The first-order chi connectivity index (χ1) is 6.14. The van der Waals surface area contributed by atoms with E-state index in [2.05, 4.69) is 12.2 Å². The molecule has 0 aliphatic heterocycles. The summed E-state index contributed by atoms with van der Waals surface area (Å²) >= 11 is 0. The van der Waals surface area contributed by atoms with Crippen LogP contribution in [0.4, 0.5) is 0 Å². The van der Waals surface area contributed by atoms with E-state index >= 15 is 0 Å². The van der Waals surface area contributed by atoms with Crippen LogP contribution in [0.15, 0.2) is 0 Å². The third kappa shape index (κ3) is 2.44. The lowest BCUT2D eigenvalue weighted by Gasteiger charge is -2.30. The second-order valence-electron chi connectivity index (χ2n) is 3.97. The maximum atomic E-state index is 11.4. The van der Waals surface area contributed by atoms with E-state index in [4.69, 9.17) is 5.73 Å². The third-order valence-electron chi connectivity index (χ3n) is 2.81. The minimum Gasteiger partial charge on any atom is -0.368 e. The van der Waals surface area contributed by atoms with Crippen LogP contribution in [-0.2, 0) is 4.79 Å². The van der Waals surface area contributed by atoms with Gasteiger partial charge in [-0.1, -0.05) is 20.3 Å². The first-order valence-electron chi connectivity index (χ1n) is 5.22. The molecule has 0 aromatic rings. The van der Waals surface area contributed by atoms with Gasteiger partial charge in [-0.2, -0.15) is 0 Å². The van der Waals surface area contributed by atoms with E-state index in [0.29, 0.717) is 6.04 Å². The van der Waals surface area contributed by atoms with E-state index < -0.39 is 5.54 Å². The van der Waals surface area contributed by atoms with E-state index in [9.17, 15) is 4.79 Å². The molecule has 0 heterocycles. The number of carbonyl (C=O) groups is 1. The zero-order valence-corrected chi connectivity index (χ0v) is 8.60. The van der Waals surface area contributed by atoms with Gasteiger partial charge in [0, 0.05) is 6.04 Å². The summed E-state index contributed by atoms with van der Waals surface area (Å²) in [5.74, 6) is -0.191. The topological polar surface area (TPSA) is 55.1 Å². The summed E-state index contributed by atoms with van der Waals surface area (Å²) in [4.78, 5) is 11.4. The van der Waals surface area contributed by atoms with E-state index in [-0.39, 0.29) is 5.91 Å². The van der Waals surface area contributed by atoms with Crippen LogP contribution in [0.2, 0.25) is 0 Å². The number of nitrogens with one attached hydrogen (secondary N) is 1. The molecule has 1 aliphatic carbocycles. The monoisotopic (exact) mass is 184 g/mol. The van der Waals surface area contributed by atoms with Crippen molar-refractivity contribution in [3.63, 3.8) is 0 Å². The molecule has 1 fully saturated rings. The van der Waals surface area contributed by atoms with Crippen LogP contribution in [0.1, 0.15) is 46.0 Å². The van der Waals surface area contributed by atoms with Gasteiger partial charge < -0.3 is 11.1 Å². The smallest absolute Gasteiger partial charge is 0.237 e. The molecular weight excluding hydrogens is 164 g/mol. The molecular formula is C10H20N2O. The van der Waals surface area contributed by atoms with Crippen LogP contribution >= 0.6 is 0 Å². The Bertz CT molecular complexity index is 189. The van der Waals surface area contributed by atoms with Gasteiger partial charge in [0.1, 0.15) is 0 Å². The SMILES string of the molecule is CCCC(CC)(NC1CC1)C(N)=O. The lowest BCUT2D eigenvalue weighted by atomic mass is 9.89. The number of primary amides is 1. The van der Waals surface area contributed by atoms with Gasteiger partial charge in [-0.15, -0.1) is 0 Å². The molecule has 1 unspecified atom stereocenters. The number of hydrogen-bond acceptors (Lipinski definition) is 2. The van der Waals surface area contributed by atoms with Crippen molar-refractivity contribution in [1.82, 2.24) is 5.32 Å². The zero-order chi connectivity index (χ0) is 9.90. The summed E-state index contributed by atoms with van der Waals surface area (Å²) in [5.41, 5.74) is 5.01. The van der Waals surface area contributed by atoms with Gasteiger partial charge in [-0.05, 0) is 25.7 Å². The average Bonchev–Trinajstić information content (AvgIpc) is 2.87. The van der Waals surface area contributed by atoms with Crippen LogP contribution in [0.5, 0.6) is 0 Å². The second kappa shape index (κ2) is 4.09. The fourth-order valence-electron chi connectivity index (χ4n) is 1.76. The van der Waals surface area contributed by atoms with E-state index in [0.717, 1.165) is 19.3 Å². The number of amides is 1. The van der Waals surface area contributed by atoms with Crippen molar-refractivity contribution in [2.45, 2.75) is 57.5 Å². The van der Waals surface area contributed by atoms with Crippen molar-refractivity contribution in [1.29, 1.82) is 0 Å². The summed E-state index contributed by atoms with van der Waals surface area (Å²) in [6.45, 7) is 4.11. The Morgan fingerprint density at radius 2 is 2.15 bits per heavy atom. The quantitative estimate of drug-likeness (QED) is 0.651. The van der Waals surface area contributed by atoms with Crippen molar-refractivity contribution in [2.75, 3.05) is 0 Å². The van der Waals surface area contributed by atoms with Crippen LogP contribution in [0, 0.1) is 0 Å². The molecule has 3 nitrogen and oxygen atoms in total. The van der Waals surface area contributed by atoms with Gasteiger partial charge >= 0.3 is 0 Å². The van der Waals surface area contributed by atoms with E-state index in [1.54, 1.807) is 0 Å². The first kappa shape index (κ1) is 10.5. The predicted molar refractivity (Wildman–Crippen MR) is 53.3 cm³/mol. The molecule has 1 aliphatic rings. The lowest BCUT2D eigenvalue weighted by Crippen LogP contribution is -2.55. The van der Waals surface area contributed by atoms with Crippen LogP contribution in [0.25, 0.3) is 0 Å². The van der Waals surface area contributed by atoms with Crippen molar-refractivity contribution < 1.29 is 4.79 Å². The Morgan fingerprint density at radius 3 is 2.46 bits per heavy atom. The predicted octanol–water partition coefficient (Wildman–Crippen LogP) is 1.17. The molecule has 3 heteroatoms. The molecule has 13 heavy (non-hydrogen) atoms. The molecule has 0 aromatic heterocycles. The molecule has 3 N–H and O–H groups in total. The molecule has 1 saturated carbocycles. The number of rotatable bonds is 6. The largest absolute Gasteiger partial charge is 0.368 e. The van der Waals surface area contributed by atoms with Gasteiger partial charge in [0.2, 0.25) is 5.91 Å². The molecule has 1 amide bonds. The molecule has 0 bridgehead atoms. The molecule has 1 rings (SSSR count). The number of hydrogen-bond donors (Lipinski definition) is 2. The Balaban J connectivity index is 2.61. The molecule has 0 radical (unpaired) electrons. The molecule has 1 atom stereocenters. The Morgan fingerprint density at radius 1 is 1.54 bits per heavy atom. The lowest BCUT2D eigenvalue weighted by molar-refractivity contribution is -0.125. The van der Waals surface area contributed by atoms with Crippen molar-refractivity contribution in [3.05, 3.63) is 0 Å². The fraction of sp³-hybridized carbons (Fsp3) is 0.900. The van der Waals surface area contributed by atoms with Crippen molar-refractivity contribution >= 4 is 5.91 Å². The van der Waals surface area contributed by atoms with Gasteiger partial charge in [0.05, 0.1) is 5.54 Å². The fourth-order valence-corrected chi connectivity index (χ4v) is 1.76. The summed E-state index contributed by atoms with van der Waals surface area (Å²) in [7, 11) is 0. The maximum Gasteiger partial charge on any atom is 0.237 e. The minimum absolute atomic E-state index is 0.191. The molecule has 0 aromatic carbocycles. The number of carbonyl (C=O) groups excluding carboxylic acids is 1. The summed E-state index contributed by atoms with van der Waals surface area (Å²) in [6, 6.07) is 0.541. The highest BCUT2D eigenvalue weighted by molar-refractivity contribution is 5.84. The standard InChI is InChI=1S/C10H20N2O/c1-3-7-10(4-2,9(11)13)12-8-5-6-8/h8,12H,3-7H2,1-2H3,(H2,11,13). The molecule has 0 saturated heterocycles. The highest BCUT2D eigenvalue weighted by atomic mass is 16.1. The Kier molecular flexibility index (Phi) is 3.31. The van der Waals surface area contributed by atoms with Gasteiger partial charge in [0.15, 0.2) is 0 Å². The highest BCUT2D eigenvalue weighted by Gasteiger charge is 2.38. The van der Waals surface area contributed by atoms with Gasteiger partial charge in [0.25, 0.3) is 0 Å². The van der Waals surface area contributed by atoms with Gasteiger partial charge in [-0.3, -0.25) is 4.79 Å². The van der Waals surface area contributed by atoms with Crippen molar-refractivity contribution in [3.8, 4) is 0 Å². The Hall–Kier alpha value is -0.570. The molecule has 76 valence electrons. The summed E-state index contributed by atoms with van der Waals surface area (Å²) in [5, 5.41) is 3.38. The first-order valence-corrected chi connectivity index (χ1v) is 5.22. The van der Waals surface area contributed by atoms with Crippen molar-refractivity contribution in [2.24, 2.45) is 5.73 Å². The van der Waals surface area contributed by atoms with E-state index in [1.165, 1.54) is 12.8 Å². The second-order valence-corrected chi connectivity index (χ2v) is 3.97. The summed E-state index contributed by atoms with van der Waals surface area (Å²) < 4.78 is 0. The average molecular weight is 184 g/mol. The normalized spacial score (nSPS) is 21.1. The zero-order valence-electron chi connectivity index (χ0n) is 8.60. The summed E-state index contributed by atoms with van der Waals surface area (Å²) in [6.07, 6.45) is 5.04. The molecule has 0 spiro atoms. The third-order valence-corrected chi connectivity index (χ3v) is 2.81. The van der Waals surface area contributed by atoms with Crippen LogP contribution in [0.3, 0.4) is 0 Å². The van der Waals surface area contributed by atoms with Crippen LogP contribution in [-0.4, -0.2) is 17.5 Å². The minimum atomic E-state index is -0.435. The highest BCUT2D eigenvalue weighted by Crippen LogP contribution is 2.26. The number of nitrogens with two attached hydrogens (primary N) is 1. The van der Waals surface area contributed by atoms with Gasteiger partial charge in [-0.25, -0.2) is 0 Å². The van der Waals surface area contributed by atoms with Crippen LogP contribution < -0.4 is 11.1 Å².